The molecule has 1 atom stereocenters. The highest BCUT2D eigenvalue weighted by atomic mass is 32.2. The van der Waals surface area contributed by atoms with Gasteiger partial charge in [-0.3, -0.25) is 4.79 Å². The standard InChI is InChI=1S/C13H19N3O3S/c1-8-3-5-11(14)9(2)13(8)20(18,19)15-7-10-4-6-12(17)16-10/h3,5,10,15H,4,6-7,14H2,1-2H3,(H,16,17). The fourth-order valence-electron chi connectivity index (χ4n) is 2.37. The summed E-state index contributed by atoms with van der Waals surface area (Å²) in [5.74, 6) is -0.0366. The first-order valence-electron chi connectivity index (χ1n) is 6.46. The minimum Gasteiger partial charge on any atom is -0.398 e. The summed E-state index contributed by atoms with van der Waals surface area (Å²) in [6.45, 7) is 3.62. The average molecular weight is 297 g/mol. The molecule has 7 heteroatoms. The SMILES string of the molecule is Cc1ccc(N)c(C)c1S(=O)(=O)NCC1CCC(=O)N1. The third-order valence-electron chi connectivity index (χ3n) is 3.52. The molecular weight excluding hydrogens is 278 g/mol. The van der Waals surface area contributed by atoms with Gasteiger partial charge in [0.2, 0.25) is 15.9 Å². The Kier molecular flexibility index (Phi) is 4.01. The van der Waals surface area contributed by atoms with E-state index < -0.39 is 10.0 Å². The molecule has 0 bridgehead atoms. The van der Waals surface area contributed by atoms with Crippen LogP contribution in [0.3, 0.4) is 0 Å². The lowest BCUT2D eigenvalue weighted by Crippen LogP contribution is -2.38. The van der Waals surface area contributed by atoms with E-state index in [9.17, 15) is 13.2 Å². The molecule has 6 nitrogen and oxygen atoms in total. The van der Waals surface area contributed by atoms with Crippen LogP contribution < -0.4 is 15.8 Å². The average Bonchev–Trinajstić information content (AvgIpc) is 2.78. The molecule has 4 N–H and O–H groups in total. The summed E-state index contributed by atoms with van der Waals surface area (Å²) in [6.07, 6.45) is 1.10. The van der Waals surface area contributed by atoms with Gasteiger partial charge < -0.3 is 11.1 Å². The van der Waals surface area contributed by atoms with E-state index in [-0.39, 0.29) is 23.4 Å². The number of sulfonamides is 1. The van der Waals surface area contributed by atoms with Crippen LogP contribution in [0, 0.1) is 13.8 Å². The zero-order chi connectivity index (χ0) is 14.9. The molecule has 110 valence electrons. The molecule has 1 aliphatic rings. The lowest BCUT2D eigenvalue weighted by atomic mass is 10.1. The number of nitrogens with two attached hydrogens (primary N) is 1. The van der Waals surface area contributed by atoms with Crippen molar-refractivity contribution in [3.8, 4) is 0 Å². The molecule has 2 rings (SSSR count). The fraction of sp³-hybridized carbons (Fsp3) is 0.462. The number of aryl methyl sites for hydroxylation is 1. The number of anilines is 1. The van der Waals surface area contributed by atoms with Crippen molar-refractivity contribution in [3.05, 3.63) is 23.3 Å². The van der Waals surface area contributed by atoms with Crippen LogP contribution in [0.2, 0.25) is 0 Å². The van der Waals surface area contributed by atoms with E-state index in [4.69, 9.17) is 5.73 Å². The molecule has 0 spiro atoms. The van der Waals surface area contributed by atoms with Crippen LogP contribution >= 0.6 is 0 Å². The molecule has 20 heavy (non-hydrogen) atoms. The molecule has 1 fully saturated rings. The first kappa shape index (κ1) is 14.8. The van der Waals surface area contributed by atoms with Crippen molar-refractivity contribution in [2.24, 2.45) is 0 Å². The maximum absolute atomic E-state index is 12.4. The van der Waals surface area contributed by atoms with Crippen LogP contribution in [0.1, 0.15) is 24.0 Å². The van der Waals surface area contributed by atoms with Crippen molar-refractivity contribution < 1.29 is 13.2 Å². The van der Waals surface area contributed by atoms with Crippen LogP contribution in [0.4, 0.5) is 5.69 Å². The quantitative estimate of drug-likeness (QED) is 0.702. The van der Waals surface area contributed by atoms with Crippen molar-refractivity contribution in [2.75, 3.05) is 12.3 Å². The Labute approximate surface area is 118 Å². The van der Waals surface area contributed by atoms with E-state index in [1.54, 1.807) is 26.0 Å². The highest BCUT2D eigenvalue weighted by Crippen LogP contribution is 2.24. The van der Waals surface area contributed by atoms with Gasteiger partial charge in [-0.15, -0.1) is 0 Å². The summed E-state index contributed by atoms with van der Waals surface area (Å²) in [4.78, 5) is 11.3. The summed E-state index contributed by atoms with van der Waals surface area (Å²) in [6, 6.07) is 3.24. The Hall–Kier alpha value is -1.60. The highest BCUT2D eigenvalue weighted by Gasteiger charge is 2.25. The lowest BCUT2D eigenvalue weighted by Gasteiger charge is -2.16. The van der Waals surface area contributed by atoms with Gasteiger partial charge in [-0.2, -0.15) is 0 Å². The van der Waals surface area contributed by atoms with Crippen LogP contribution in [-0.4, -0.2) is 26.9 Å². The minimum atomic E-state index is -3.63. The number of rotatable bonds is 4. The predicted molar refractivity (Wildman–Crippen MR) is 76.7 cm³/mol. The van der Waals surface area contributed by atoms with Gasteiger partial charge in [-0.05, 0) is 37.5 Å². The zero-order valence-electron chi connectivity index (χ0n) is 11.6. The molecule has 0 radical (unpaired) electrons. The summed E-state index contributed by atoms with van der Waals surface area (Å²) >= 11 is 0. The Morgan fingerprint density at radius 1 is 1.40 bits per heavy atom. The Morgan fingerprint density at radius 2 is 2.10 bits per heavy atom. The van der Waals surface area contributed by atoms with Crippen molar-refractivity contribution in [3.63, 3.8) is 0 Å². The first-order chi connectivity index (χ1) is 9.31. The smallest absolute Gasteiger partial charge is 0.241 e. The number of carbonyl (C=O) groups is 1. The normalized spacial score (nSPS) is 19.1. The maximum atomic E-state index is 12.4. The molecule has 1 aromatic rings. The molecular formula is C13H19N3O3S. The largest absolute Gasteiger partial charge is 0.398 e. The molecule has 1 heterocycles. The van der Waals surface area contributed by atoms with Crippen LogP contribution in [0.25, 0.3) is 0 Å². The third-order valence-corrected chi connectivity index (χ3v) is 5.23. The van der Waals surface area contributed by atoms with Crippen molar-refractivity contribution >= 4 is 21.6 Å². The summed E-state index contributed by atoms with van der Waals surface area (Å²) < 4.78 is 27.3. The van der Waals surface area contributed by atoms with Gasteiger partial charge in [0.15, 0.2) is 0 Å². The minimum absolute atomic E-state index is 0.0366. The van der Waals surface area contributed by atoms with E-state index in [1.807, 2.05) is 0 Å². The molecule has 1 unspecified atom stereocenters. The first-order valence-corrected chi connectivity index (χ1v) is 7.94. The van der Waals surface area contributed by atoms with Crippen molar-refractivity contribution in [1.29, 1.82) is 0 Å². The second kappa shape index (κ2) is 5.41. The summed E-state index contributed by atoms with van der Waals surface area (Å²) in [5.41, 5.74) is 7.42. The van der Waals surface area contributed by atoms with Gasteiger partial charge in [-0.25, -0.2) is 13.1 Å². The monoisotopic (exact) mass is 297 g/mol. The van der Waals surface area contributed by atoms with E-state index >= 15 is 0 Å². The molecule has 0 aliphatic carbocycles. The number of nitrogen functional groups attached to an aromatic ring is 1. The predicted octanol–water partition coefficient (Wildman–Crippen LogP) is 0.443. The molecule has 0 aromatic heterocycles. The second-order valence-corrected chi connectivity index (χ2v) is 6.78. The number of hydrogen-bond donors (Lipinski definition) is 3. The van der Waals surface area contributed by atoms with Gasteiger partial charge in [0, 0.05) is 24.7 Å². The third kappa shape index (κ3) is 2.94. The maximum Gasteiger partial charge on any atom is 0.241 e. The number of hydrogen-bond acceptors (Lipinski definition) is 4. The van der Waals surface area contributed by atoms with E-state index in [0.29, 0.717) is 29.7 Å². The van der Waals surface area contributed by atoms with Crippen molar-refractivity contribution in [2.45, 2.75) is 37.6 Å². The number of carbonyl (C=O) groups excluding carboxylic acids is 1. The van der Waals surface area contributed by atoms with E-state index in [1.165, 1.54) is 0 Å². The Balaban J connectivity index is 2.19. The fourth-order valence-corrected chi connectivity index (χ4v) is 3.95. The van der Waals surface area contributed by atoms with Crippen LogP contribution in [0.5, 0.6) is 0 Å². The summed E-state index contributed by atoms with van der Waals surface area (Å²) in [7, 11) is -3.63. The van der Waals surface area contributed by atoms with Crippen LogP contribution in [0.15, 0.2) is 17.0 Å². The van der Waals surface area contributed by atoms with Crippen LogP contribution in [-0.2, 0) is 14.8 Å². The van der Waals surface area contributed by atoms with E-state index in [2.05, 4.69) is 10.0 Å². The molecule has 1 saturated heterocycles. The summed E-state index contributed by atoms with van der Waals surface area (Å²) in [5, 5.41) is 2.73. The number of amides is 1. The van der Waals surface area contributed by atoms with Gasteiger partial charge in [0.05, 0.1) is 4.90 Å². The van der Waals surface area contributed by atoms with Gasteiger partial charge in [-0.1, -0.05) is 6.07 Å². The number of nitrogens with one attached hydrogen (secondary N) is 2. The van der Waals surface area contributed by atoms with Gasteiger partial charge in [0.1, 0.15) is 0 Å². The van der Waals surface area contributed by atoms with E-state index in [0.717, 1.165) is 0 Å². The van der Waals surface area contributed by atoms with Gasteiger partial charge in [0.25, 0.3) is 0 Å². The number of benzene rings is 1. The molecule has 1 aromatic carbocycles. The molecule has 1 amide bonds. The zero-order valence-corrected chi connectivity index (χ0v) is 12.4. The Bertz CT molecular complexity index is 641. The van der Waals surface area contributed by atoms with Gasteiger partial charge >= 0.3 is 0 Å². The van der Waals surface area contributed by atoms with Crippen molar-refractivity contribution in [1.82, 2.24) is 10.0 Å². The second-order valence-electron chi connectivity index (χ2n) is 5.08. The lowest BCUT2D eigenvalue weighted by molar-refractivity contribution is -0.119. The Morgan fingerprint density at radius 3 is 2.70 bits per heavy atom. The topological polar surface area (TPSA) is 101 Å². The molecule has 0 saturated carbocycles. The molecule has 1 aliphatic heterocycles. The highest BCUT2D eigenvalue weighted by molar-refractivity contribution is 7.89.